The Kier molecular flexibility index (Phi) is 4.39. The lowest BCUT2D eigenvalue weighted by atomic mass is 10.2. The van der Waals surface area contributed by atoms with Crippen LogP contribution >= 0.6 is 0 Å². The van der Waals surface area contributed by atoms with Crippen LogP contribution < -0.4 is 10.1 Å². The average Bonchev–Trinajstić information content (AvgIpc) is 2.41. The molecule has 1 aliphatic rings. The SMILES string of the molecule is CCCOc1ccc(CN2CCC(=O)NC2=O)cc1. The van der Waals surface area contributed by atoms with Gasteiger partial charge in [-0.3, -0.25) is 10.1 Å². The number of amides is 3. The second-order valence-electron chi connectivity index (χ2n) is 4.52. The molecule has 0 atom stereocenters. The lowest BCUT2D eigenvalue weighted by Crippen LogP contribution is -2.48. The number of rotatable bonds is 5. The third-order valence-corrected chi connectivity index (χ3v) is 2.91. The maximum Gasteiger partial charge on any atom is 0.324 e. The van der Waals surface area contributed by atoms with Gasteiger partial charge in [0.25, 0.3) is 0 Å². The van der Waals surface area contributed by atoms with Gasteiger partial charge in [0.15, 0.2) is 0 Å². The van der Waals surface area contributed by atoms with Gasteiger partial charge in [0.05, 0.1) is 6.61 Å². The van der Waals surface area contributed by atoms with Gasteiger partial charge in [0.2, 0.25) is 5.91 Å². The molecule has 0 aliphatic carbocycles. The van der Waals surface area contributed by atoms with Crippen LogP contribution in [0.2, 0.25) is 0 Å². The van der Waals surface area contributed by atoms with Crippen molar-refractivity contribution in [2.45, 2.75) is 26.3 Å². The van der Waals surface area contributed by atoms with E-state index in [-0.39, 0.29) is 11.9 Å². The van der Waals surface area contributed by atoms with E-state index < -0.39 is 0 Å². The summed E-state index contributed by atoms with van der Waals surface area (Å²) in [6, 6.07) is 7.36. The molecule has 0 bridgehead atoms. The van der Waals surface area contributed by atoms with Crippen molar-refractivity contribution in [3.8, 4) is 5.75 Å². The van der Waals surface area contributed by atoms with Crippen molar-refractivity contribution in [2.75, 3.05) is 13.2 Å². The van der Waals surface area contributed by atoms with Crippen molar-refractivity contribution in [3.63, 3.8) is 0 Å². The molecule has 1 heterocycles. The van der Waals surface area contributed by atoms with Gasteiger partial charge in [-0.2, -0.15) is 0 Å². The zero-order valence-corrected chi connectivity index (χ0v) is 11.0. The Bertz CT molecular complexity index is 456. The van der Waals surface area contributed by atoms with Crippen molar-refractivity contribution in [3.05, 3.63) is 29.8 Å². The van der Waals surface area contributed by atoms with Crippen molar-refractivity contribution in [1.82, 2.24) is 10.2 Å². The number of hydrogen-bond acceptors (Lipinski definition) is 3. The molecule has 1 fully saturated rings. The summed E-state index contributed by atoms with van der Waals surface area (Å²) in [5, 5.41) is 2.31. The average molecular weight is 262 g/mol. The van der Waals surface area contributed by atoms with Crippen LogP contribution in [0.3, 0.4) is 0 Å². The van der Waals surface area contributed by atoms with Crippen LogP contribution in [0.5, 0.6) is 5.75 Å². The number of benzene rings is 1. The van der Waals surface area contributed by atoms with Crippen LogP contribution in [0.25, 0.3) is 0 Å². The Morgan fingerprint density at radius 2 is 2.00 bits per heavy atom. The lowest BCUT2D eigenvalue weighted by molar-refractivity contribution is -0.121. The van der Waals surface area contributed by atoms with Crippen LogP contribution in [-0.4, -0.2) is 30.0 Å². The molecule has 0 unspecified atom stereocenters. The topological polar surface area (TPSA) is 58.6 Å². The zero-order valence-electron chi connectivity index (χ0n) is 11.0. The molecule has 1 saturated heterocycles. The number of carbonyl (C=O) groups excluding carboxylic acids is 2. The second kappa shape index (κ2) is 6.22. The number of ether oxygens (including phenoxy) is 1. The fourth-order valence-electron chi connectivity index (χ4n) is 1.88. The molecule has 1 aliphatic heterocycles. The third kappa shape index (κ3) is 3.71. The number of carbonyl (C=O) groups is 2. The van der Waals surface area contributed by atoms with E-state index in [1.807, 2.05) is 24.3 Å². The number of nitrogens with one attached hydrogen (secondary N) is 1. The fraction of sp³-hybridized carbons (Fsp3) is 0.429. The molecule has 102 valence electrons. The van der Waals surface area contributed by atoms with E-state index in [9.17, 15) is 9.59 Å². The Morgan fingerprint density at radius 3 is 2.63 bits per heavy atom. The fourth-order valence-corrected chi connectivity index (χ4v) is 1.88. The van der Waals surface area contributed by atoms with Gasteiger partial charge < -0.3 is 9.64 Å². The highest BCUT2D eigenvalue weighted by molar-refractivity contribution is 5.96. The van der Waals surface area contributed by atoms with Gasteiger partial charge in [0, 0.05) is 19.5 Å². The Labute approximate surface area is 112 Å². The summed E-state index contributed by atoms with van der Waals surface area (Å²) < 4.78 is 5.50. The van der Waals surface area contributed by atoms with Crippen molar-refractivity contribution in [2.24, 2.45) is 0 Å². The Hall–Kier alpha value is -2.04. The van der Waals surface area contributed by atoms with Crippen LogP contribution in [0, 0.1) is 0 Å². The Morgan fingerprint density at radius 1 is 1.26 bits per heavy atom. The molecule has 5 nitrogen and oxygen atoms in total. The molecule has 3 amide bonds. The van der Waals surface area contributed by atoms with Gasteiger partial charge >= 0.3 is 6.03 Å². The lowest BCUT2D eigenvalue weighted by Gasteiger charge is -2.26. The number of imide groups is 1. The largest absolute Gasteiger partial charge is 0.494 e. The molecule has 1 aromatic carbocycles. The van der Waals surface area contributed by atoms with Crippen LogP contribution in [0.4, 0.5) is 4.79 Å². The van der Waals surface area contributed by atoms with Gasteiger partial charge in [-0.05, 0) is 24.1 Å². The second-order valence-corrected chi connectivity index (χ2v) is 4.52. The summed E-state index contributed by atoms with van der Waals surface area (Å²) in [7, 11) is 0. The van der Waals surface area contributed by atoms with Gasteiger partial charge in [0.1, 0.15) is 5.75 Å². The van der Waals surface area contributed by atoms with E-state index in [1.165, 1.54) is 0 Å². The quantitative estimate of drug-likeness (QED) is 0.882. The number of urea groups is 1. The first-order valence-corrected chi connectivity index (χ1v) is 6.49. The summed E-state index contributed by atoms with van der Waals surface area (Å²) in [5.74, 6) is 0.633. The van der Waals surface area contributed by atoms with Gasteiger partial charge in [-0.25, -0.2) is 4.79 Å². The summed E-state index contributed by atoms with van der Waals surface area (Å²) >= 11 is 0. The van der Waals surface area contributed by atoms with Gasteiger partial charge in [-0.1, -0.05) is 19.1 Å². The predicted molar refractivity (Wildman–Crippen MR) is 70.8 cm³/mol. The number of hydrogen-bond donors (Lipinski definition) is 1. The minimum Gasteiger partial charge on any atom is -0.494 e. The smallest absolute Gasteiger partial charge is 0.324 e. The molecular weight excluding hydrogens is 244 g/mol. The molecule has 1 N–H and O–H groups in total. The van der Waals surface area contributed by atoms with E-state index in [0.29, 0.717) is 26.1 Å². The molecule has 0 spiro atoms. The predicted octanol–water partition coefficient (Wildman–Crippen LogP) is 1.92. The van der Waals surface area contributed by atoms with E-state index in [1.54, 1.807) is 4.90 Å². The third-order valence-electron chi connectivity index (χ3n) is 2.91. The Balaban J connectivity index is 1.92. The van der Waals surface area contributed by atoms with Crippen molar-refractivity contribution in [1.29, 1.82) is 0 Å². The summed E-state index contributed by atoms with van der Waals surface area (Å²) in [4.78, 5) is 24.3. The molecule has 1 aromatic rings. The highest BCUT2D eigenvalue weighted by Gasteiger charge is 2.22. The maximum absolute atomic E-state index is 11.6. The first kappa shape index (κ1) is 13.4. The zero-order chi connectivity index (χ0) is 13.7. The van der Waals surface area contributed by atoms with Crippen molar-refractivity contribution < 1.29 is 14.3 Å². The van der Waals surface area contributed by atoms with E-state index >= 15 is 0 Å². The standard InChI is InChI=1S/C14H18N2O3/c1-2-9-19-12-5-3-11(4-6-12)10-16-8-7-13(17)15-14(16)18/h3-6H,2,7-10H2,1H3,(H,15,17,18). The monoisotopic (exact) mass is 262 g/mol. The molecule has 0 aromatic heterocycles. The minimum atomic E-state index is -0.317. The minimum absolute atomic E-state index is 0.204. The molecular formula is C14H18N2O3. The molecule has 5 heteroatoms. The summed E-state index contributed by atoms with van der Waals surface area (Å²) in [6.07, 6.45) is 1.34. The number of nitrogens with zero attached hydrogens (tertiary/aromatic N) is 1. The van der Waals surface area contributed by atoms with Crippen LogP contribution in [0.1, 0.15) is 25.3 Å². The molecule has 2 rings (SSSR count). The molecule has 19 heavy (non-hydrogen) atoms. The maximum atomic E-state index is 11.6. The summed E-state index contributed by atoms with van der Waals surface area (Å²) in [6.45, 7) is 3.74. The van der Waals surface area contributed by atoms with Crippen LogP contribution in [-0.2, 0) is 11.3 Å². The summed E-state index contributed by atoms with van der Waals surface area (Å²) in [5.41, 5.74) is 1.02. The highest BCUT2D eigenvalue weighted by Crippen LogP contribution is 2.15. The first-order chi connectivity index (χ1) is 9.19. The van der Waals surface area contributed by atoms with E-state index in [2.05, 4.69) is 12.2 Å². The molecule has 0 saturated carbocycles. The van der Waals surface area contributed by atoms with Crippen LogP contribution in [0.15, 0.2) is 24.3 Å². The van der Waals surface area contributed by atoms with Gasteiger partial charge in [-0.15, -0.1) is 0 Å². The highest BCUT2D eigenvalue weighted by atomic mass is 16.5. The van der Waals surface area contributed by atoms with Crippen molar-refractivity contribution >= 4 is 11.9 Å². The van der Waals surface area contributed by atoms with E-state index in [4.69, 9.17) is 4.74 Å². The first-order valence-electron chi connectivity index (χ1n) is 6.49. The normalized spacial score (nSPS) is 15.3. The van der Waals surface area contributed by atoms with E-state index in [0.717, 1.165) is 17.7 Å². The molecule has 0 radical (unpaired) electrons.